The largest absolute Gasteiger partial charge is 0.347 e. The first-order valence-corrected chi connectivity index (χ1v) is 10.1. The van der Waals surface area contributed by atoms with Gasteiger partial charge in [-0.1, -0.05) is 30.3 Å². The maximum atomic E-state index is 12.6. The highest BCUT2D eigenvalue weighted by molar-refractivity contribution is 5.85. The molecule has 1 aromatic carbocycles. The minimum absolute atomic E-state index is 0.0585. The Bertz CT molecular complexity index is 694. The molecule has 2 fully saturated rings. The van der Waals surface area contributed by atoms with Gasteiger partial charge in [0.25, 0.3) is 0 Å². The molecule has 0 spiro atoms. The van der Waals surface area contributed by atoms with Crippen molar-refractivity contribution in [3.63, 3.8) is 0 Å². The van der Waals surface area contributed by atoms with Crippen molar-refractivity contribution in [2.24, 2.45) is 5.92 Å². The van der Waals surface area contributed by atoms with Crippen LogP contribution in [0.5, 0.6) is 0 Å². The van der Waals surface area contributed by atoms with E-state index in [0.29, 0.717) is 18.4 Å². The van der Waals surface area contributed by atoms with Crippen LogP contribution in [0.1, 0.15) is 56.1 Å². The molecule has 1 amide bonds. The summed E-state index contributed by atoms with van der Waals surface area (Å²) < 4.78 is 0. The lowest BCUT2D eigenvalue weighted by atomic mass is 9.92. The van der Waals surface area contributed by atoms with E-state index in [0.717, 1.165) is 12.8 Å². The van der Waals surface area contributed by atoms with Crippen molar-refractivity contribution in [1.82, 2.24) is 10.6 Å². The predicted octanol–water partition coefficient (Wildman–Crippen LogP) is 3.46. The Labute approximate surface area is 156 Å². The fourth-order valence-electron chi connectivity index (χ4n) is 4.78. The quantitative estimate of drug-likeness (QED) is 0.687. The number of allylic oxidation sites excluding steroid dienone is 2. The summed E-state index contributed by atoms with van der Waals surface area (Å²) in [5.41, 5.74) is 3.94. The van der Waals surface area contributed by atoms with Gasteiger partial charge >= 0.3 is 0 Å². The van der Waals surface area contributed by atoms with Crippen LogP contribution in [-0.4, -0.2) is 30.2 Å². The summed E-state index contributed by atoms with van der Waals surface area (Å²) in [6.07, 6.45) is 12.8. The molecule has 1 aromatic rings. The van der Waals surface area contributed by atoms with Crippen molar-refractivity contribution in [2.75, 3.05) is 0 Å². The minimum atomic E-state index is -0.233. The van der Waals surface area contributed by atoms with Gasteiger partial charge in [0.1, 0.15) is 0 Å². The molecule has 0 aromatic heterocycles. The number of fused-ring (bicyclic) bond motifs is 2. The first-order chi connectivity index (χ1) is 12.7. The Morgan fingerprint density at radius 2 is 2.12 bits per heavy atom. The third kappa shape index (κ3) is 3.75. The third-order valence-corrected chi connectivity index (χ3v) is 6.24. The summed E-state index contributed by atoms with van der Waals surface area (Å²) in [6.45, 7) is 0. The number of nitrogens with one attached hydrogen (secondary N) is 3. The van der Waals surface area contributed by atoms with Crippen LogP contribution in [0, 0.1) is 11.3 Å². The molecule has 1 saturated heterocycles. The van der Waals surface area contributed by atoms with Crippen LogP contribution in [0.3, 0.4) is 0 Å². The lowest BCUT2D eigenvalue weighted by molar-refractivity contribution is -0.124. The molecule has 1 heterocycles. The fraction of sp³-hybridized carbons (Fsp3) is 0.545. The van der Waals surface area contributed by atoms with E-state index < -0.39 is 0 Å². The van der Waals surface area contributed by atoms with Gasteiger partial charge in [0.2, 0.25) is 5.91 Å². The van der Waals surface area contributed by atoms with Gasteiger partial charge in [-0.15, -0.1) is 0 Å². The number of hydrogen-bond donors (Lipinski definition) is 3. The van der Waals surface area contributed by atoms with Gasteiger partial charge in [0.05, 0.1) is 12.1 Å². The monoisotopic (exact) mass is 351 g/mol. The molecule has 0 radical (unpaired) electrons. The summed E-state index contributed by atoms with van der Waals surface area (Å²) in [4.78, 5) is 12.6. The van der Waals surface area contributed by atoms with Gasteiger partial charge in [0, 0.05) is 12.3 Å². The van der Waals surface area contributed by atoms with Crippen molar-refractivity contribution in [1.29, 1.82) is 5.41 Å². The number of carbonyl (C=O) groups is 1. The molecular formula is C22H29N3O. The zero-order chi connectivity index (χ0) is 17.9. The molecule has 2 bridgehead atoms. The van der Waals surface area contributed by atoms with E-state index in [9.17, 15) is 4.79 Å². The summed E-state index contributed by atoms with van der Waals surface area (Å²) in [5, 5.41) is 14.2. The van der Waals surface area contributed by atoms with Crippen LogP contribution in [0.15, 0.2) is 30.3 Å². The number of carbonyl (C=O) groups excluding carboxylic acids is 1. The Hall–Kier alpha value is -1.94. The summed E-state index contributed by atoms with van der Waals surface area (Å²) >= 11 is 0. The van der Waals surface area contributed by atoms with Gasteiger partial charge in [-0.3, -0.25) is 4.79 Å². The molecule has 4 nitrogen and oxygen atoms in total. The van der Waals surface area contributed by atoms with E-state index in [4.69, 9.17) is 5.41 Å². The van der Waals surface area contributed by atoms with Crippen LogP contribution < -0.4 is 10.6 Å². The van der Waals surface area contributed by atoms with Crippen LogP contribution in [0.25, 0.3) is 5.57 Å². The molecule has 3 aliphatic rings. The Morgan fingerprint density at radius 1 is 1.27 bits per heavy atom. The molecule has 1 aliphatic heterocycles. The maximum Gasteiger partial charge on any atom is 0.237 e. The van der Waals surface area contributed by atoms with E-state index in [1.807, 2.05) is 0 Å². The van der Waals surface area contributed by atoms with Crippen LogP contribution >= 0.6 is 0 Å². The number of rotatable bonds is 6. The van der Waals surface area contributed by atoms with E-state index in [1.54, 1.807) is 0 Å². The van der Waals surface area contributed by atoms with Gasteiger partial charge in [0.15, 0.2) is 0 Å². The number of benzene rings is 1. The summed E-state index contributed by atoms with van der Waals surface area (Å²) in [5.74, 6) is 0.545. The van der Waals surface area contributed by atoms with Crippen molar-refractivity contribution in [3.8, 4) is 0 Å². The van der Waals surface area contributed by atoms with Gasteiger partial charge in [-0.2, -0.15) is 0 Å². The van der Waals surface area contributed by atoms with Crippen molar-refractivity contribution >= 4 is 17.7 Å². The van der Waals surface area contributed by atoms with Crippen LogP contribution in [-0.2, 0) is 11.2 Å². The zero-order valence-corrected chi connectivity index (χ0v) is 15.3. The second-order valence-corrected chi connectivity index (χ2v) is 8.07. The normalized spacial score (nSPS) is 28.5. The second-order valence-electron chi connectivity index (χ2n) is 8.07. The number of piperidine rings is 1. The maximum absolute atomic E-state index is 12.6. The zero-order valence-electron chi connectivity index (χ0n) is 15.3. The van der Waals surface area contributed by atoms with E-state index in [1.165, 1.54) is 55.0 Å². The molecule has 1 saturated carbocycles. The average molecular weight is 351 g/mol. The van der Waals surface area contributed by atoms with Crippen LogP contribution in [0.2, 0.25) is 0 Å². The van der Waals surface area contributed by atoms with Crippen molar-refractivity contribution in [2.45, 2.75) is 69.5 Å². The second kappa shape index (κ2) is 7.75. The lowest BCUT2D eigenvalue weighted by Gasteiger charge is -2.24. The molecule has 4 rings (SSSR count). The van der Waals surface area contributed by atoms with Crippen molar-refractivity contribution < 1.29 is 4.79 Å². The SMILES string of the molecule is N=C[C@H](Cc1ccc(C2=CCCCC2)cc1)NC(=O)[C@H]1N[C@@H]2CC[C@H]1C2. The van der Waals surface area contributed by atoms with Gasteiger partial charge < -0.3 is 16.0 Å². The van der Waals surface area contributed by atoms with E-state index in [-0.39, 0.29) is 18.0 Å². The Balaban J connectivity index is 1.35. The molecule has 4 heteroatoms. The first-order valence-electron chi connectivity index (χ1n) is 10.1. The number of hydrogen-bond acceptors (Lipinski definition) is 3. The first kappa shape index (κ1) is 17.5. The fourth-order valence-corrected chi connectivity index (χ4v) is 4.78. The molecule has 138 valence electrons. The molecule has 26 heavy (non-hydrogen) atoms. The van der Waals surface area contributed by atoms with Gasteiger partial charge in [-0.05, 0) is 74.0 Å². The summed E-state index contributed by atoms with van der Waals surface area (Å²) in [6, 6.07) is 8.89. The topological polar surface area (TPSA) is 65.0 Å². The number of amides is 1. The third-order valence-electron chi connectivity index (χ3n) is 6.24. The van der Waals surface area contributed by atoms with E-state index >= 15 is 0 Å². The highest BCUT2D eigenvalue weighted by atomic mass is 16.2. The smallest absolute Gasteiger partial charge is 0.237 e. The average Bonchev–Trinajstić information content (AvgIpc) is 3.32. The predicted molar refractivity (Wildman–Crippen MR) is 105 cm³/mol. The Kier molecular flexibility index (Phi) is 5.21. The molecule has 0 unspecified atom stereocenters. The van der Waals surface area contributed by atoms with Crippen LogP contribution in [0.4, 0.5) is 0 Å². The standard InChI is InChI=1S/C22H29N3O/c23-14-20(25-22(26)21-18-10-11-19(13-18)24-21)12-15-6-8-17(9-7-15)16-4-2-1-3-5-16/h4,6-9,14,18-21,23-24H,1-3,5,10-13H2,(H,25,26)/t18-,19+,20-,21-/m0/s1. The molecule has 2 aliphatic carbocycles. The molecular weight excluding hydrogens is 322 g/mol. The van der Waals surface area contributed by atoms with Crippen molar-refractivity contribution in [3.05, 3.63) is 41.5 Å². The highest BCUT2D eigenvalue weighted by Crippen LogP contribution is 2.35. The highest BCUT2D eigenvalue weighted by Gasteiger charge is 2.42. The van der Waals surface area contributed by atoms with E-state index in [2.05, 4.69) is 41.0 Å². The molecule has 3 N–H and O–H groups in total. The minimum Gasteiger partial charge on any atom is -0.347 e. The summed E-state index contributed by atoms with van der Waals surface area (Å²) in [7, 11) is 0. The lowest BCUT2D eigenvalue weighted by Crippen LogP contribution is -2.51. The Morgan fingerprint density at radius 3 is 2.73 bits per heavy atom. The molecule has 4 atom stereocenters. The van der Waals surface area contributed by atoms with Gasteiger partial charge in [-0.25, -0.2) is 0 Å².